The van der Waals surface area contributed by atoms with Gasteiger partial charge in [-0.1, -0.05) is 0 Å². The molecule has 4 nitrogen and oxygen atoms in total. The Balaban J connectivity index is 2.20. The molecule has 1 saturated carbocycles. The van der Waals surface area contributed by atoms with Crippen LogP contribution in [0.3, 0.4) is 0 Å². The lowest BCUT2D eigenvalue weighted by atomic mass is 10.0. The molecule has 0 aliphatic heterocycles. The van der Waals surface area contributed by atoms with Crippen LogP contribution >= 0.6 is 0 Å². The maximum absolute atomic E-state index is 10.3. The molecule has 12 heavy (non-hydrogen) atoms. The summed E-state index contributed by atoms with van der Waals surface area (Å²) >= 11 is 0. The van der Waals surface area contributed by atoms with Gasteiger partial charge in [0.25, 0.3) is 0 Å². The van der Waals surface area contributed by atoms with Gasteiger partial charge in [0.15, 0.2) is 0 Å². The first kappa shape index (κ1) is 9.48. The fourth-order valence-electron chi connectivity index (χ4n) is 1.04. The van der Waals surface area contributed by atoms with Crippen molar-refractivity contribution in [3.63, 3.8) is 0 Å². The first-order chi connectivity index (χ1) is 5.49. The largest absolute Gasteiger partial charge is 0.481 e. The Morgan fingerprint density at radius 2 is 2.25 bits per heavy atom. The summed E-state index contributed by atoms with van der Waals surface area (Å²) in [5.74, 6) is -0.961. The zero-order valence-electron chi connectivity index (χ0n) is 7.21. The Hall–Kier alpha value is -0.610. The van der Waals surface area contributed by atoms with Crippen LogP contribution in [0.2, 0.25) is 0 Å². The van der Waals surface area contributed by atoms with E-state index >= 15 is 0 Å². The number of hydrogen-bond acceptors (Lipinski definition) is 3. The number of hydrogen-bond donors (Lipinski definition) is 3. The van der Waals surface area contributed by atoms with E-state index in [0.717, 1.165) is 12.8 Å². The van der Waals surface area contributed by atoms with E-state index in [0.29, 0.717) is 12.6 Å². The fourth-order valence-corrected chi connectivity index (χ4v) is 1.04. The summed E-state index contributed by atoms with van der Waals surface area (Å²) < 4.78 is 0. The van der Waals surface area contributed by atoms with E-state index in [1.807, 2.05) is 0 Å². The molecule has 3 N–H and O–H groups in total. The predicted molar refractivity (Wildman–Crippen MR) is 43.9 cm³/mol. The van der Waals surface area contributed by atoms with Crippen LogP contribution in [0.1, 0.15) is 26.2 Å². The van der Waals surface area contributed by atoms with E-state index in [9.17, 15) is 9.90 Å². The first-order valence-corrected chi connectivity index (χ1v) is 4.17. The molecule has 1 aliphatic rings. The topological polar surface area (TPSA) is 69.6 Å². The van der Waals surface area contributed by atoms with Crippen molar-refractivity contribution < 1.29 is 15.0 Å². The standard InChI is InChI=1S/C8H15NO3/c1-8(12,4-7(10)11)5-9-6-2-3-6/h6,9,12H,2-5H2,1H3,(H,10,11). The summed E-state index contributed by atoms with van der Waals surface area (Å²) in [6, 6.07) is 0.505. The third kappa shape index (κ3) is 3.69. The molecule has 1 atom stereocenters. The minimum absolute atomic E-state index is 0.202. The van der Waals surface area contributed by atoms with Gasteiger partial charge in [-0.2, -0.15) is 0 Å². The predicted octanol–water partition coefficient (Wildman–Crippen LogP) is -0.0359. The van der Waals surface area contributed by atoms with Crippen LogP contribution in [0.4, 0.5) is 0 Å². The van der Waals surface area contributed by atoms with Gasteiger partial charge in [-0.3, -0.25) is 4.79 Å². The number of carboxylic acid groups (broad SMARTS) is 1. The van der Waals surface area contributed by atoms with Crippen LogP contribution in [-0.2, 0) is 4.79 Å². The number of carboxylic acids is 1. The van der Waals surface area contributed by atoms with E-state index in [1.165, 1.54) is 6.92 Å². The number of aliphatic hydroxyl groups is 1. The molecular weight excluding hydrogens is 158 g/mol. The molecule has 0 aromatic carbocycles. The highest BCUT2D eigenvalue weighted by Crippen LogP contribution is 2.19. The lowest BCUT2D eigenvalue weighted by Gasteiger charge is -2.21. The van der Waals surface area contributed by atoms with E-state index < -0.39 is 11.6 Å². The van der Waals surface area contributed by atoms with Gasteiger partial charge >= 0.3 is 5.97 Å². The maximum Gasteiger partial charge on any atom is 0.306 e. The van der Waals surface area contributed by atoms with Gasteiger partial charge < -0.3 is 15.5 Å². The molecule has 1 unspecified atom stereocenters. The van der Waals surface area contributed by atoms with E-state index in [2.05, 4.69) is 5.32 Å². The number of nitrogens with one attached hydrogen (secondary N) is 1. The maximum atomic E-state index is 10.3. The second-order valence-corrected chi connectivity index (χ2v) is 3.72. The van der Waals surface area contributed by atoms with Crippen LogP contribution in [0.25, 0.3) is 0 Å². The van der Waals surface area contributed by atoms with Crippen molar-refractivity contribution in [3.05, 3.63) is 0 Å². The molecule has 1 fully saturated rings. The molecule has 0 aromatic heterocycles. The SMILES string of the molecule is CC(O)(CNC1CC1)CC(=O)O. The average Bonchev–Trinajstić information content (AvgIpc) is 2.62. The zero-order chi connectivity index (χ0) is 9.19. The second-order valence-electron chi connectivity index (χ2n) is 3.72. The number of aliphatic carboxylic acids is 1. The monoisotopic (exact) mass is 173 g/mol. The van der Waals surface area contributed by atoms with Crippen LogP contribution in [-0.4, -0.2) is 34.4 Å². The molecule has 0 heterocycles. The van der Waals surface area contributed by atoms with Crippen LogP contribution < -0.4 is 5.32 Å². The zero-order valence-corrected chi connectivity index (χ0v) is 7.21. The molecular formula is C8H15NO3. The van der Waals surface area contributed by atoms with Crippen molar-refractivity contribution >= 4 is 5.97 Å². The summed E-state index contributed by atoms with van der Waals surface area (Å²) in [5.41, 5.74) is -1.12. The Morgan fingerprint density at radius 3 is 2.67 bits per heavy atom. The molecule has 0 radical (unpaired) electrons. The van der Waals surface area contributed by atoms with Crippen LogP contribution in [0.15, 0.2) is 0 Å². The Morgan fingerprint density at radius 1 is 1.67 bits per heavy atom. The van der Waals surface area contributed by atoms with Crippen molar-refractivity contribution in [1.29, 1.82) is 0 Å². The highest BCUT2D eigenvalue weighted by Gasteiger charge is 2.28. The highest BCUT2D eigenvalue weighted by molar-refractivity contribution is 5.68. The smallest absolute Gasteiger partial charge is 0.306 e. The molecule has 0 bridgehead atoms. The minimum atomic E-state index is -1.12. The lowest BCUT2D eigenvalue weighted by molar-refractivity contribution is -0.141. The number of rotatable bonds is 5. The molecule has 1 rings (SSSR count). The Labute approximate surface area is 71.6 Å². The van der Waals surface area contributed by atoms with Crippen molar-refractivity contribution in [2.24, 2.45) is 0 Å². The van der Waals surface area contributed by atoms with E-state index in [1.54, 1.807) is 0 Å². The molecule has 0 spiro atoms. The van der Waals surface area contributed by atoms with Gasteiger partial charge in [-0.05, 0) is 19.8 Å². The summed E-state index contributed by atoms with van der Waals surface area (Å²) in [5, 5.41) is 21.0. The quantitative estimate of drug-likeness (QED) is 0.546. The van der Waals surface area contributed by atoms with Crippen molar-refractivity contribution in [2.75, 3.05) is 6.54 Å². The van der Waals surface area contributed by atoms with E-state index in [-0.39, 0.29) is 6.42 Å². The fraction of sp³-hybridized carbons (Fsp3) is 0.875. The lowest BCUT2D eigenvalue weighted by Crippen LogP contribution is -2.40. The first-order valence-electron chi connectivity index (χ1n) is 4.17. The highest BCUT2D eigenvalue weighted by atomic mass is 16.4. The van der Waals surface area contributed by atoms with Crippen molar-refractivity contribution in [3.8, 4) is 0 Å². The Bertz CT molecular complexity index is 175. The minimum Gasteiger partial charge on any atom is -0.481 e. The van der Waals surface area contributed by atoms with Gasteiger partial charge in [-0.15, -0.1) is 0 Å². The summed E-state index contributed by atoms with van der Waals surface area (Å²) in [7, 11) is 0. The van der Waals surface area contributed by atoms with Gasteiger partial charge in [0.05, 0.1) is 12.0 Å². The summed E-state index contributed by atoms with van der Waals surface area (Å²) in [4.78, 5) is 10.3. The average molecular weight is 173 g/mol. The second kappa shape index (κ2) is 3.41. The van der Waals surface area contributed by atoms with Gasteiger partial charge in [0, 0.05) is 12.6 Å². The molecule has 70 valence electrons. The molecule has 0 saturated heterocycles. The van der Waals surface area contributed by atoms with E-state index in [4.69, 9.17) is 5.11 Å². The molecule has 4 heteroatoms. The Kier molecular flexibility index (Phi) is 2.69. The normalized spacial score (nSPS) is 21.8. The third-order valence-corrected chi connectivity index (χ3v) is 1.88. The van der Waals surface area contributed by atoms with Crippen LogP contribution in [0.5, 0.6) is 0 Å². The third-order valence-electron chi connectivity index (χ3n) is 1.88. The van der Waals surface area contributed by atoms with Gasteiger partial charge in [0.2, 0.25) is 0 Å². The summed E-state index contributed by atoms with van der Waals surface area (Å²) in [6.07, 6.45) is 2.08. The molecule has 1 aliphatic carbocycles. The molecule has 0 aromatic rings. The molecule has 0 amide bonds. The van der Waals surface area contributed by atoms with Crippen LogP contribution in [0, 0.1) is 0 Å². The van der Waals surface area contributed by atoms with Gasteiger partial charge in [-0.25, -0.2) is 0 Å². The van der Waals surface area contributed by atoms with Crippen molar-refractivity contribution in [1.82, 2.24) is 5.32 Å². The summed E-state index contributed by atoms with van der Waals surface area (Å²) in [6.45, 7) is 1.90. The number of carbonyl (C=O) groups is 1. The van der Waals surface area contributed by atoms with Crippen molar-refractivity contribution in [2.45, 2.75) is 37.8 Å². The van der Waals surface area contributed by atoms with Gasteiger partial charge in [0.1, 0.15) is 0 Å².